The zero-order valence-corrected chi connectivity index (χ0v) is 16.2. The maximum absolute atomic E-state index is 12.1. The summed E-state index contributed by atoms with van der Waals surface area (Å²) in [5.41, 5.74) is 4.29. The molecule has 2 N–H and O–H groups in total. The van der Waals surface area contributed by atoms with Crippen LogP contribution in [0.3, 0.4) is 0 Å². The summed E-state index contributed by atoms with van der Waals surface area (Å²) in [5, 5.41) is 14.5. The normalized spacial score (nSPS) is 10.4. The number of carbonyl (C=O) groups is 1. The Hall–Kier alpha value is -3.48. The van der Waals surface area contributed by atoms with E-state index in [0.717, 1.165) is 17.7 Å². The molecule has 7 heteroatoms. The van der Waals surface area contributed by atoms with Crippen molar-refractivity contribution in [3.05, 3.63) is 65.4 Å². The van der Waals surface area contributed by atoms with Crippen LogP contribution >= 0.6 is 0 Å². The Morgan fingerprint density at radius 1 is 1.07 bits per heavy atom. The molecular formula is C21H23N5O2. The third kappa shape index (κ3) is 4.43. The van der Waals surface area contributed by atoms with Gasteiger partial charge in [-0.05, 0) is 43.5 Å². The lowest BCUT2D eigenvalue weighted by Gasteiger charge is -2.14. The van der Waals surface area contributed by atoms with E-state index in [4.69, 9.17) is 4.74 Å². The highest BCUT2D eigenvalue weighted by molar-refractivity contribution is 5.96. The van der Waals surface area contributed by atoms with E-state index in [-0.39, 0.29) is 0 Å². The van der Waals surface area contributed by atoms with Crippen LogP contribution in [-0.4, -0.2) is 27.8 Å². The molecule has 0 aliphatic rings. The Morgan fingerprint density at radius 2 is 1.89 bits per heavy atom. The average Bonchev–Trinajstić information content (AvgIpc) is 2.70. The molecule has 0 radical (unpaired) electrons. The van der Waals surface area contributed by atoms with Crippen molar-refractivity contribution in [2.75, 3.05) is 17.2 Å². The van der Waals surface area contributed by atoms with Crippen molar-refractivity contribution in [1.29, 1.82) is 0 Å². The molecule has 0 bridgehead atoms. The molecular weight excluding hydrogens is 354 g/mol. The number of benzene rings is 2. The van der Waals surface area contributed by atoms with Crippen LogP contribution in [0.1, 0.15) is 35.3 Å². The number of anilines is 4. The number of aromatic nitrogens is 3. The van der Waals surface area contributed by atoms with Crippen molar-refractivity contribution in [3.63, 3.8) is 0 Å². The highest BCUT2D eigenvalue weighted by Crippen LogP contribution is 2.25. The molecule has 0 spiro atoms. The number of esters is 1. The van der Waals surface area contributed by atoms with Crippen LogP contribution in [0.15, 0.2) is 48.7 Å². The van der Waals surface area contributed by atoms with Gasteiger partial charge in [0.1, 0.15) is 0 Å². The number of hydrogen-bond donors (Lipinski definition) is 2. The first-order valence-electron chi connectivity index (χ1n) is 9.20. The van der Waals surface area contributed by atoms with Crippen molar-refractivity contribution in [2.24, 2.45) is 0 Å². The SMILES string of the molecule is CCOC(=O)c1ccccc1Nc1cnnc(Nc2c(C)cccc2CC)n1. The maximum Gasteiger partial charge on any atom is 0.340 e. The van der Waals surface area contributed by atoms with Crippen LogP contribution in [0.2, 0.25) is 0 Å². The second-order valence-corrected chi connectivity index (χ2v) is 6.14. The summed E-state index contributed by atoms with van der Waals surface area (Å²) in [4.78, 5) is 16.6. The topological polar surface area (TPSA) is 89.0 Å². The third-order valence-electron chi connectivity index (χ3n) is 4.22. The quantitative estimate of drug-likeness (QED) is 0.590. The van der Waals surface area contributed by atoms with Gasteiger partial charge in [-0.25, -0.2) is 4.79 Å². The van der Waals surface area contributed by atoms with E-state index < -0.39 is 5.97 Å². The van der Waals surface area contributed by atoms with Gasteiger partial charge in [-0.3, -0.25) is 0 Å². The molecule has 0 fully saturated rings. The van der Waals surface area contributed by atoms with Crippen molar-refractivity contribution in [3.8, 4) is 0 Å². The van der Waals surface area contributed by atoms with Gasteiger partial charge in [0.2, 0.25) is 5.95 Å². The molecule has 0 atom stereocenters. The lowest BCUT2D eigenvalue weighted by molar-refractivity contribution is 0.0527. The molecule has 144 valence electrons. The Kier molecular flexibility index (Phi) is 6.16. The summed E-state index contributed by atoms with van der Waals surface area (Å²) in [7, 11) is 0. The highest BCUT2D eigenvalue weighted by Gasteiger charge is 2.13. The standard InChI is InChI=1S/C21H23N5O2/c1-4-15-10-8-9-14(3)19(15)25-21-24-18(13-22-26-21)23-17-12-7-6-11-16(17)20(27)28-5-2/h6-13H,4-5H2,1-3H3,(H2,23,24,25,26). The zero-order valence-electron chi connectivity index (χ0n) is 16.2. The molecule has 1 aromatic heterocycles. The Labute approximate surface area is 164 Å². The minimum Gasteiger partial charge on any atom is -0.462 e. The number of rotatable bonds is 7. The van der Waals surface area contributed by atoms with Crippen molar-refractivity contribution < 1.29 is 9.53 Å². The number of nitrogens with one attached hydrogen (secondary N) is 2. The number of hydrogen-bond acceptors (Lipinski definition) is 7. The summed E-state index contributed by atoms with van der Waals surface area (Å²) < 4.78 is 5.11. The fourth-order valence-corrected chi connectivity index (χ4v) is 2.85. The second-order valence-electron chi connectivity index (χ2n) is 6.14. The van der Waals surface area contributed by atoms with Gasteiger partial charge in [0, 0.05) is 5.69 Å². The smallest absolute Gasteiger partial charge is 0.340 e. The summed E-state index contributed by atoms with van der Waals surface area (Å²) in [6, 6.07) is 13.2. The molecule has 0 aliphatic carbocycles. The molecule has 1 heterocycles. The maximum atomic E-state index is 12.1. The first kappa shape index (κ1) is 19.3. The van der Waals surface area contributed by atoms with Gasteiger partial charge < -0.3 is 15.4 Å². The minimum atomic E-state index is -0.390. The predicted octanol–water partition coefficient (Wildman–Crippen LogP) is 4.41. The summed E-state index contributed by atoms with van der Waals surface area (Å²) >= 11 is 0. The van der Waals surface area contributed by atoms with Crippen LogP contribution in [-0.2, 0) is 11.2 Å². The molecule has 0 aliphatic heterocycles. The van der Waals surface area contributed by atoms with Crippen LogP contribution in [0.25, 0.3) is 0 Å². The first-order chi connectivity index (χ1) is 13.6. The molecule has 7 nitrogen and oxygen atoms in total. The lowest BCUT2D eigenvalue weighted by Crippen LogP contribution is -2.09. The van der Waals surface area contributed by atoms with Crippen molar-refractivity contribution in [1.82, 2.24) is 15.2 Å². The summed E-state index contributed by atoms with van der Waals surface area (Å²) in [5.74, 6) is 0.460. The van der Waals surface area contributed by atoms with E-state index in [2.05, 4.69) is 38.8 Å². The van der Waals surface area contributed by atoms with E-state index >= 15 is 0 Å². The number of ether oxygens (including phenoxy) is 1. The van der Waals surface area contributed by atoms with Crippen molar-refractivity contribution in [2.45, 2.75) is 27.2 Å². The minimum absolute atomic E-state index is 0.312. The van der Waals surface area contributed by atoms with Crippen molar-refractivity contribution >= 4 is 29.1 Å². The monoisotopic (exact) mass is 377 g/mol. The second kappa shape index (κ2) is 8.94. The van der Waals surface area contributed by atoms with Crippen LogP contribution in [0, 0.1) is 6.92 Å². The van der Waals surface area contributed by atoms with Gasteiger partial charge >= 0.3 is 5.97 Å². The first-order valence-corrected chi connectivity index (χ1v) is 9.20. The fraction of sp³-hybridized carbons (Fsp3) is 0.238. The molecule has 3 aromatic rings. The Balaban J connectivity index is 1.85. The lowest BCUT2D eigenvalue weighted by atomic mass is 10.1. The summed E-state index contributed by atoms with van der Waals surface area (Å²) in [6.07, 6.45) is 2.40. The molecule has 0 saturated heterocycles. The van der Waals surface area contributed by atoms with E-state index in [1.165, 1.54) is 11.8 Å². The van der Waals surface area contributed by atoms with Gasteiger partial charge in [0.05, 0.1) is 24.1 Å². The molecule has 0 saturated carbocycles. The largest absolute Gasteiger partial charge is 0.462 e. The number of aryl methyl sites for hydroxylation is 2. The van der Waals surface area contributed by atoms with E-state index in [1.807, 2.05) is 25.1 Å². The Morgan fingerprint density at radius 3 is 2.68 bits per heavy atom. The highest BCUT2D eigenvalue weighted by atomic mass is 16.5. The molecule has 3 rings (SSSR count). The van der Waals surface area contributed by atoms with Crippen LogP contribution in [0.5, 0.6) is 0 Å². The Bertz CT molecular complexity index is 975. The van der Waals surface area contributed by atoms with E-state index in [1.54, 1.807) is 25.1 Å². The third-order valence-corrected chi connectivity index (χ3v) is 4.22. The van der Waals surface area contributed by atoms with E-state index in [0.29, 0.717) is 29.6 Å². The van der Waals surface area contributed by atoms with E-state index in [9.17, 15) is 4.79 Å². The van der Waals surface area contributed by atoms with Gasteiger partial charge in [-0.2, -0.15) is 10.1 Å². The average molecular weight is 377 g/mol. The predicted molar refractivity (Wildman–Crippen MR) is 109 cm³/mol. The van der Waals surface area contributed by atoms with Crippen LogP contribution in [0.4, 0.5) is 23.1 Å². The van der Waals surface area contributed by atoms with Gasteiger partial charge in [0.25, 0.3) is 0 Å². The number of carbonyl (C=O) groups excluding carboxylic acids is 1. The number of nitrogens with zero attached hydrogens (tertiary/aromatic N) is 3. The summed E-state index contributed by atoms with van der Waals surface area (Å²) in [6.45, 7) is 6.22. The molecule has 0 unspecified atom stereocenters. The van der Waals surface area contributed by atoms with Crippen LogP contribution < -0.4 is 10.6 Å². The number of para-hydroxylation sites is 2. The molecule has 2 aromatic carbocycles. The van der Waals surface area contributed by atoms with Gasteiger partial charge in [-0.1, -0.05) is 37.3 Å². The zero-order chi connectivity index (χ0) is 19.9. The fourth-order valence-electron chi connectivity index (χ4n) is 2.85. The molecule has 28 heavy (non-hydrogen) atoms. The van der Waals surface area contributed by atoms with Gasteiger partial charge in [-0.15, -0.1) is 5.10 Å². The molecule has 0 amide bonds. The van der Waals surface area contributed by atoms with Gasteiger partial charge in [0.15, 0.2) is 5.82 Å².